The number of carbonyl (C=O) groups excluding carboxylic acids is 2. The summed E-state index contributed by atoms with van der Waals surface area (Å²) in [5, 5.41) is 10.8. The third kappa shape index (κ3) is 9.44. The Bertz CT molecular complexity index is 681. The van der Waals surface area contributed by atoms with Crippen LogP contribution in [0.2, 0.25) is 0 Å². The fourth-order valence-electron chi connectivity index (χ4n) is 2.85. The van der Waals surface area contributed by atoms with Gasteiger partial charge in [0.1, 0.15) is 5.57 Å². The van der Waals surface area contributed by atoms with E-state index in [0.717, 1.165) is 19.3 Å². The van der Waals surface area contributed by atoms with Crippen LogP contribution < -0.4 is 0 Å². The fourth-order valence-corrected chi connectivity index (χ4v) is 2.85. The predicted octanol–water partition coefficient (Wildman–Crippen LogP) is 5.64. The van der Waals surface area contributed by atoms with Crippen molar-refractivity contribution in [2.45, 2.75) is 71.6 Å². The Morgan fingerprint density at radius 3 is 2.21 bits per heavy atom. The minimum Gasteiger partial charge on any atom is -0.462 e. The maximum Gasteiger partial charge on any atom is 0.341 e. The summed E-state index contributed by atoms with van der Waals surface area (Å²) in [5.41, 5.74) is 0.218. The summed E-state index contributed by atoms with van der Waals surface area (Å²) in [7, 11) is 0. The van der Waals surface area contributed by atoms with Gasteiger partial charge < -0.3 is 4.74 Å². The Kier molecular flexibility index (Phi) is 11.5. The third-order valence-corrected chi connectivity index (χ3v) is 4.47. The van der Waals surface area contributed by atoms with Gasteiger partial charge >= 0.3 is 5.97 Å². The predicted molar refractivity (Wildman–Crippen MR) is 110 cm³/mol. The van der Waals surface area contributed by atoms with Crippen LogP contribution in [-0.2, 0) is 14.3 Å². The quantitative estimate of drug-likeness (QED) is 0.0781. The molecule has 0 bridgehead atoms. The fraction of sp³-hybridized carbons (Fsp3) is 0.545. The molecule has 0 saturated heterocycles. The molecule has 0 aliphatic carbocycles. The van der Waals surface area contributed by atoms with Crippen LogP contribution in [0.3, 0.4) is 0 Å². The molecular weight excluding hydrogens is 358 g/mol. The van der Waals surface area contributed by atoms with Gasteiger partial charge in [0.15, 0.2) is 5.78 Å². The lowest BCUT2D eigenvalue weighted by Crippen LogP contribution is -2.14. The number of Topliss-reactive ketones (excluding diaryl/α,β-unsaturated/α-hetero) is 1. The largest absolute Gasteiger partial charge is 0.462 e. The van der Waals surface area contributed by atoms with Crippen molar-refractivity contribution in [2.75, 3.05) is 6.61 Å². The van der Waals surface area contributed by atoms with E-state index in [1.807, 2.05) is 0 Å². The molecule has 0 atom stereocenters. The molecule has 0 aliphatic heterocycles. The Hall–Kier alpha value is -2.50. The van der Waals surface area contributed by atoms with E-state index in [1.54, 1.807) is 6.07 Å². The lowest BCUT2D eigenvalue weighted by Gasteiger charge is -2.07. The number of esters is 1. The van der Waals surface area contributed by atoms with Gasteiger partial charge in [-0.2, -0.15) is 0 Å². The van der Waals surface area contributed by atoms with Gasteiger partial charge in [-0.25, -0.2) is 4.79 Å². The highest BCUT2D eigenvalue weighted by atomic mass is 16.6. The Labute approximate surface area is 167 Å². The molecule has 1 aromatic rings. The molecule has 0 unspecified atom stereocenters. The first-order valence-corrected chi connectivity index (χ1v) is 10.1. The number of nitro benzene ring substituents is 1. The highest BCUT2D eigenvalue weighted by Crippen LogP contribution is 2.17. The number of non-ortho nitro benzene ring substituents is 1. The zero-order chi connectivity index (χ0) is 20.8. The molecule has 0 amide bonds. The average molecular weight is 389 g/mol. The van der Waals surface area contributed by atoms with Gasteiger partial charge in [-0.3, -0.25) is 14.9 Å². The van der Waals surface area contributed by atoms with Crippen LogP contribution in [0.4, 0.5) is 5.69 Å². The second-order valence-electron chi connectivity index (χ2n) is 6.93. The number of carbonyl (C=O) groups is 2. The normalized spacial score (nSPS) is 11.3. The molecule has 0 heterocycles. The minimum atomic E-state index is -0.682. The van der Waals surface area contributed by atoms with Crippen LogP contribution in [0.5, 0.6) is 0 Å². The van der Waals surface area contributed by atoms with Crippen molar-refractivity contribution in [3.05, 3.63) is 45.5 Å². The van der Waals surface area contributed by atoms with E-state index in [0.29, 0.717) is 5.56 Å². The monoisotopic (exact) mass is 389 g/mol. The highest BCUT2D eigenvalue weighted by Gasteiger charge is 2.16. The Morgan fingerprint density at radius 2 is 1.64 bits per heavy atom. The molecule has 0 radical (unpaired) electrons. The Balaban J connectivity index is 2.42. The lowest BCUT2D eigenvalue weighted by atomic mass is 10.1. The van der Waals surface area contributed by atoms with Crippen molar-refractivity contribution in [3.8, 4) is 0 Å². The van der Waals surface area contributed by atoms with E-state index in [2.05, 4.69) is 6.92 Å². The summed E-state index contributed by atoms with van der Waals surface area (Å²) < 4.78 is 5.21. The average Bonchev–Trinajstić information content (AvgIpc) is 2.67. The van der Waals surface area contributed by atoms with E-state index < -0.39 is 16.7 Å². The van der Waals surface area contributed by atoms with E-state index >= 15 is 0 Å². The van der Waals surface area contributed by atoms with Gasteiger partial charge in [0.2, 0.25) is 0 Å². The number of nitro groups is 1. The van der Waals surface area contributed by atoms with Crippen molar-refractivity contribution in [1.82, 2.24) is 0 Å². The Morgan fingerprint density at radius 1 is 1.04 bits per heavy atom. The number of ketones is 1. The third-order valence-electron chi connectivity index (χ3n) is 4.47. The second-order valence-corrected chi connectivity index (χ2v) is 6.93. The van der Waals surface area contributed by atoms with Crippen LogP contribution in [0, 0.1) is 10.1 Å². The van der Waals surface area contributed by atoms with Gasteiger partial charge in [-0.1, -0.05) is 70.4 Å². The van der Waals surface area contributed by atoms with Crippen molar-refractivity contribution in [3.63, 3.8) is 0 Å². The van der Waals surface area contributed by atoms with E-state index in [9.17, 15) is 19.7 Å². The molecule has 28 heavy (non-hydrogen) atoms. The smallest absolute Gasteiger partial charge is 0.341 e. The summed E-state index contributed by atoms with van der Waals surface area (Å²) in [5.74, 6) is -1.11. The molecule has 0 aliphatic rings. The van der Waals surface area contributed by atoms with E-state index in [-0.39, 0.29) is 17.9 Å². The van der Waals surface area contributed by atoms with Gasteiger partial charge in [0, 0.05) is 12.1 Å². The van der Waals surface area contributed by atoms with Crippen LogP contribution in [0.25, 0.3) is 6.08 Å². The zero-order valence-corrected chi connectivity index (χ0v) is 16.9. The minimum absolute atomic E-state index is 0.0975. The molecule has 0 spiro atoms. The van der Waals surface area contributed by atoms with Crippen LogP contribution >= 0.6 is 0 Å². The summed E-state index contributed by atoms with van der Waals surface area (Å²) in [6.07, 6.45) is 11.8. The van der Waals surface area contributed by atoms with E-state index in [1.165, 1.54) is 69.7 Å². The molecule has 0 N–H and O–H groups in total. The molecule has 1 aromatic carbocycles. The van der Waals surface area contributed by atoms with Crippen molar-refractivity contribution < 1.29 is 19.2 Å². The van der Waals surface area contributed by atoms with Crippen molar-refractivity contribution in [1.29, 1.82) is 0 Å². The van der Waals surface area contributed by atoms with Crippen LogP contribution in [-0.4, -0.2) is 23.3 Å². The number of unbranched alkanes of at least 4 members (excludes halogenated alkanes) is 8. The second kappa shape index (κ2) is 13.6. The number of rotatable bonds is 14. The molecule has 0 fully saturated rings. The van der Waals surface area contributed by atoms with Gasteiger partial charge in [0.05, 0.1) is 11.5 Å². The molecule has 1 rings (SSSR count). The SMILES string of the molecule is CCCCCCCCCCCOC(=O)C(=Cc1cccc([N+](=O)[O-])c1)C(C)=O. The molecular formula is C22H31NO5. The van der Waals surface area contributed by atoms with Gasteiger partial charge in [-0.05, 0) is 25.0 Å². The summed E-state index contributed by atoms with van der Waals surface area (Å²) >= 11 is 0. The molecule has 0 saturated carbocycles. The van der Waals surface area contributed by atoms with Crippen molar-refractivity contribution >= 4 is 23.5 Å². The van der Waals surface area contributed by atoms with Crippen LogP contribution in [0.15, 0.2) is 29.8 Å². The standard InChI is InChI=1S/C22H31NO5/c1-3-4-5-6-7-8-9-10-11-15-28-22(25)21(18(2)24)17-19-13-12-14-20(16-19)23(26)27/h12-14,16-17H,3-11,15H2,1-2H3. The maximum absolute atomic E-state index is 12.2. The number of hydrogen-bond donors (Lipinski definition) is 0. The molecule has 0 aromatic heterocycles. The molecule has 154 valence electrons. The summed E-state index contributed by atoms with van der Waals surface area (Å²) in [6, 6.07) is 5.78. The highest BCUT2D eigenvalue weighted by molar-refractivity contribution is 6.19. The number of ether oxygens (including phenoxy) is 1. The number of nitrogens with zero attached hydrogens (tertiary/aromatic N) is 1. The molecule has 6 heteroatoms. The summed E-state index contributed by atoms with van der Waals surface area (Å²) in [4.78, 5) is 34.3. The first-order valence-electron chi connectivity index (χ1n) is 10.1. The van der Waals surface area contributed by atoms with Gasteiger partial charge in [0.25, 0.3) is 5.69 Å². The van der Waals surface area contributed by atoms with E-state index in [4.69, 9.17) is 4.74 Å². The molecule has 6 nitrogen and oxygen atoms in total. The lowest BCUT2D eigenvalue weighted by molar-refractivity contribution is -0.384. The maximum atomic E-state index is 12.2. The number of hydrogen-bond acceptors (Lipinski definition) is 5. The number of benzene rings is 1. The first kappa shape index (κ1) is 23.5. The topological polar surface area (TPSA) is 86.5 Å². The first-order chi connectivity index (χ1) is 13.5. The van der Waals surface area contributed by atoms with Gasteiger partial charge in [-0.15, -0.1) is 0 Å². The van der Waals surface area contributed by atoms with Crippen LogP contribution in [0.1, 0.15) is 77.2 Å². The zero-order valence-electron chi connectivity index (χ0n) is 16.9. The summed E-state index contributed by atoms with van der Waals surface area (Å²) in [6.45, 7) is 3.76. The van der Waals surface area contributed by atoms with Crippen molar-refractivity contribution in [2.24, 2.45) is 0 Å².